The third kappa shape index (κ3) is 11.0. The summed E-state index contributed by atoms with van der Waals surface area (Å²) in [6, 6.07) is 78.8. The Bertz CT molecular complexity index is 5360. The van der Waals surface area contributed by atoms with E-state index in [4.69, 9.17) is 0 Å². The summed E-state index contributed by atoms with van der Waals surface area (Å²) in [6.45, 7) is 36.0. The molecule has 512 valence electrons. The Morgan fingerprint density at radius 1 is 0.437 bits per heavy atom. The van der Waals surface area contributed by atoms with Gasteiger partial charge in [-0.25, -0.2) is 0 Å². The van der Waals surface area contributed by atoms with E-state index in [-0.39, 0.29) is 33.8 Å². The summed E-state index contributed by atoms with van der Waals surface area (Å²) in [4.78, 5) is 5.35. The molecule has 5 atom stereocenters. The average Bonchev–Trinajstić information content (AvgIpc) is 0.697. The molecule has 10 aromatic carbocycles. The van der Waals surface area contributed by atoms with Gasteiger partial charge in [-0.15, -0.1) is 0 Å². The van der Waals surface area contributed by atoms with Crippen molar-refractivity contribution in [1.29, 1.82) is 0 Å². The van der Waals surface area contributed by atoms with Crippen molar-refractivity contribution >= 4 is 73.6 Å². The molecule has 0 bridgehead atoms. The molecular weight excluding hydrogens is 1240 g/mol. The van der Waals surface area contributed by atoms with E-state index in [0.29, 0.717) is 29.6 Å². The van der Waals surface area contributed by atoms with Crippen LogP contribution < -0.4 is 26.2 Å². The highest BCUT2D eigenvalue weighted by atomic mass is 15.2. The Balaban J connectivity index is 0.926. The highest BCUT2D eigenvalue weighted by Gasteiger charge is 2.48. The van der Waals surface area contributed by atoms with Crippen molar-refractivity contribution in [2.75, 3.05) is 9.80 Å². The standard InChI is InChI=1S/C100H99BN2/c1-96(2,3)74-38-30-64(31-39-74)71-56-89-95-90(57-71)103(80-42-34-63(35-43-80)61-24-20-17-21-25-61)88-55-66(82-53-73-51-76(98(7,8)9)47-68-27-29-70-49-78(100(13,14)15)59-84(82)94(70)92(68)73)37-45-86(88)101(95)85-44-36-65(54-87(85)102(89)79-40-32-62(33-41-79)60-22-18-16-19-23-60)81-52-72-50-75(97(4,5)6)46-67-26-28-69-48-77(99(10,11)12)58-83(81)93(69)91(67)72/h16-26,28,30-47,50-58,69-70,78,91,93H,27,29,48-49,59H2,1-15H3. The molecule has 0 saturated heterocycles. The number of anilines is 6. The number of benzene rings is 10. The van der Waals surface area contributed by atoms with E-state index in [1.165, 1.54) is 152 Å². The first kappa shape index (κ1) is 65.6. The van der Waals surface area contributed by atoms with Crippen LogP contribution in [0.5, 0.6) is 0 Å². The van der Waals surface area contributed by atoms with Gasteiger partial charge in [0.25, 0.3) is 6.71 Å². The van der Waals surface area contributed by atoms with E-state index in [2.05, 4.69) is 350 Å². The lowest BCUT2D eigenvalue weighted by atomic mass is 9.33. The number of fused-ring (bicyclic) bond motifs is 4. The quantitative estimate of drug-likeness (QED) is 0.147. The molecular formula is C100H99BN2. The molecule has 8 aliphatic rings. The second kappa shape index (κ2) is 23.5. The molecule has 0 spiro atoms. The highest BCUT2D eigenvalue weighted by molar-refractivity contribution is 7.00. The van der Waals surface area contributed by atoms with Gasteiger partial charge in [-0.3, -0.25) is 0 Å². The van der Waals surface area contributed by atoms with Crippen molar-refractivity contribution in [3.63, 3.8) is 0 Å². The molecule has 0 amide bonds. The largest absolute Gasteiger partial charge is 0.311 e. The van der Waals surface area contributed by atoms with Crippen molar-refractivity contribution in [1.82, 2.24) is 0 Å². The van der Waals surface area contributed by atoms with Crippen LogP contribution in [-0.4, -0.2) is 6.71 Å². The maximum absolute atomic E-state index is 2.68. The Morgan fingerprint density at radius 3 is 1.55 bits per heavy atom. The Kier molecular flexibility index (Phi) is 15.0. The van der Waals surface area contributed by atoms with Crippen LogP contribution in [0, 0.1) is 39.9 Å². The van der Waals surface area contributed by atoms with E-state index in [1.807, 2.05) is 0 Å². The van der Waals surface area contributed by atoms with E-state index < -0.39 is 0 Å². The molecule has 10 aromatic rings. The van der Waals surface area contributed by atoms with Crippen LogP contribution in [0.3, 0.4) is 0 Å². The lowest BCUT2D eigenvalue weighted by Gasteiger charge is -2.48. The Morgan fingerprint density at radius 2 is 0.981 bits per heavy atom. The minimum atomic E-state index is -0.109. The van der Waals surface area contributed by atoms with Crippen LogP contribution in [-0.2, 0) is 23.7 Å². The fourth-order valence-corrected chi connectivity index (χ4v) is 19.4. The fourth-order valence-electron chi connectivity index (χ4n) is 19.4. The van der Waals surface area contributed by atoms with Gasteiger partial charge in [0, 0.05) is 46.0 Å². The number of aryl methyl sites for hydroxylation is 1. The molecule has 0 radical (unpaired) electrons. The smallest absolute Gasteiger partial charge is 0.252 e. The molecule has 3 heteroatoms. The van der Waals surface area contributed by atoms with Gasteiger partial charge in [-0.1, -0.05) is 291 Å². The van der Waals surface area contributed by atoms with E-state index >= 15 is 0 Å². The lowest BCUT2D eigenvalue weighted by molar-refractivity contribution is 0.197. The molecule has 18 rings (SSSR count). The van der Waals surface area contributed by atoms with Gasteiger partial charge in [0.05, 0.1) is 0 Å². The minimum absolute atomic E-state index is 0.000328. The third-order valence-corrected chi connectivity index (χ3v) is 25.3. The minimum Gasteiger partial charge on any atom is -0.311 e. The van der Waals surface area contributed by atoms with E-state index in [9.17, 15) is 0 Å². The maximum atomic E-state index is 2.68. The lowest BCUT2D eigenvalue weighted by Crippen LogP contribution is -2.61. The Labute approximate surface area is 614 Å². The van der Waals surface area contributed by atoms with Crippen molar-refractivity contribution in [2.24, 2.45) is 39.9 Å². The Hall–Kier alpha value is -9.44. The predicted molar refractivity (Wildman–Crippen MR) is 442 cm³/mol. The summed E-state index contributed by atoms with van der Waals surface area (Å²) in [5, 5.41) is 2.96. The van der Waals surface area contributed by atoms with Crippen LogP contribution in [0.25, 0.3) is 60.9 Å². The fraction of sp³-hybridized carbons (Fsp3) is 0.300. The molecule has 2 nitrogen and oxygen atoms in total. The average molecular weight is 1340 g/mol. The zero-order valence-electron chi connectivity index (χ0n) is 63.4. The first-order chi connectivity index (χ1) is 49.2. The van der Waals surface area contributed by atoms with Crippen LogP contribution in [0.4, 0.5) is 34.1 Å². The zero-order chi connectivity index (χ0) is 71.1. The summed E-state index contributed by atoms with van der Waals surface area (Å²) in [5.74, 6) is 2.20. The summed E-state index contributed by atoms with van der Waals surface area (Å²) in [7, 11) is 0. The molecule has 6 aliphatic carbocycles. The topological polar surface area (TPSA) is 6.48 Å². The number of allylic oxidation sites excluding steroid dienone is 12. The van der Waals surface area contributed by atoms with Crippen LogP contribution >= 0.6 is 0 Å². The van der Waals surface area contributed by atoms with Crippen molar-refractivity contribution < 1.29 is 0 Å². The second-order valence-electron chi connectivity index (χ2n) is 36.9. The van der Waals surface area contributed by atoms with Crippen LogP contribution in [0.2, 0.25) is 0 Å². The molecule has 103 heavy (non-hydrogen) atoms. The second-order valence-corrected chi connectivity index (χ2v) is 36.9. The van der Waals surface area contributed by atoms with Crippen molar-refractivity contribution in [2.45, 2.75) is 153 Å². The summed E-state index contributed by atoms with van der Waals surface area (Å²) < 4.78 is 0. The van der Waals surface area contributed by atoms with Crippen LogP contribution in [0.15, 0.2) is 265 Å². The zero-order valence-corrected chi connectivity index (χ0v) is 63.4. The summed E-state index contributed by atoms with van der Waals surface area (Å²) in [5.41, 5.74) is 38.9. The highest BCUT2D eigenvalue weighted by Crippen LogP contribution is 2.59. The van der Waals surface area contributed by atoms with E-state index in [1.54, 1.807) is 22.1 Å². The molecule has 2 aliphatic heterocycles. The van der Waals surface area contributed by atoms with Gasteiger partial charge in [0.1, 0.15) is 0 Å². The van der Waals surface area contributed by atoms with Gasteiger partial charge in [-0.05, 0) is 264 Å². The maximum Gasteiger partial charge on any atom is 0.252 e. The molecule has 0 fully saturated rings. The van der Waals surface area contributed by atoms with Crippen molar-refractivity contribution in [3.05, 3.63) is 298 Å². The monoisotopic (exact) mass is 1340 g/mol. The SMILES string of the molecule is CC(C)(C)C1=CC2=CC(c3ccc4c(c3)N(c3ccc(-c5ccccc5)cc3)c3cc(-c5ccc(C(C)(C)C)cc5)cc5c3B4c3ccc(-c4cc6cc(C(C)(C)C)cc7c6c6c4CC(C(C)(C)C)CC6CC7)cc3N5c3ccc(-c4ccccc4)cc3)=C3C=C(C(C)(C)C)CC4C=CC(=C1)C2C34. The van der Waals surface area contributed by atoms with Gasteiger partial charge in [0.15, 0.2) is 0 Å². The normalized spacial score (nSPS) is 20.2. The first-order valence-electron chi connectivity index (χ1n) is 38.6. The van der Waals surface area contributed by atoms with Crippen LogP contribution in [0.1, 0.15) is 162 Å². The predicted octanol–water partition coefficient (Wildman–Crippen LogP) is 25.2. The summed E-state index contributed by atoms with van der Waals surface area (Å²) >= 11 is 0. The van der Waals surface area contributed by atoms with E-state index in [0.717, 1.165) is 30.6 Å². The molecule has 0 N–H and O–H groups in total. The number of rotatable bonds is 7. The molecule has 0 saturated carbocycles. The molecule has 2 heterocycles. The van der Waals surface area contributed by atoms with Gasteiger partial charge in [-0.2, -0.15) is 0 Å². The molecule has 0 aromatic heterocycles. The number of hydrogen-bond donors (Lipinski definition) is 0. The van der Waals surface area contributed by atoms with Gasteiger partial charge < -0.3 is 9.80 Å². The van der Waals surface area contributed by atoms with Gasteiger partial charge in [0.2, 0.25) is 0 Å². The van der Waals surface area contributed by atoms with Crippen molar-refractivity contribution in [3.8, 4) is 44.5 Å². The van der Waals surface area contributed by atoms with Gasteiger partial charge >= 0.3 is 0 Å². The summed E-state index contributed by atoms with van der Waals surface area (Å²) in [6.07, 6.45) is 21.3. The number of nitrogens with zero attached hydrogens (tertiary/aromatic N) is 2. The first-order valence-corrected chi connectivity index (χ1v) is 38.6. The third-order valence-electron chi connectivity index (χ3n) is 25.3. The number of hydrogen-bond acceptors (Lipinski definition) is 2. The molecule has 5 unspecified atom stereocenters.